The van der Waals surface area contributed by atoms with Crippen LogP contribution in [0.3, 0.4) is 0 Å². The van der Waals surface area contributed by atoms with E-state index >= 15 is 0 Å². The number of para-hydroxylation sites is 1. The fourth-order valence-electron chi connectivity index (χ4n) is 3.09. The molecular formula is C24H21N5O2S. The Morgan fingerprint density at radius 1 is 1.03 bits per heavy atom. The van der Waals surface area contributed by atoms with E-state index in [1.807, 2.05) is 70.9 Å². The fraction of sp³-hybridized carbons (Fsp3) is 0.0417. The minimum atomic E-state index is -0.617. The van der Waals surface area contributed by atoms with Gasteiger partial charge in [-0.3, -0.25) is 4.79 Å². The van der Waals surface area contributed by atoms with Crippen molar-refractivity contribution in [2.75, 3.05) is 5.32 Å². The number of hydrogen-bond acceptors (Lipinski definition) is 4. The van der Waals surface area contributed by atoms with Crippen molar-refractivity contribution in [2.24, 2.45) is 5.73 Å². The molecule has 4 N–H and O–H groups in total. The first-order chi connectivity index (χ1) is 15.6. The van der Waals surface area contributed by atoms with E-state index in [1.165, 1.54) is 6.08 Å². The van der Waals surface area contributed by atoms with Crippen LogP contribution in [0.25, 0.3) is 22.3 Å². The van der Waals surface area contributed by atoms with Crippen molar-refractivity contribution < 1.29 is 9.59 Å². The molecule has 0 radical (unpaired) electrons. The summed E-state index contributed by atoms with van der Waals surface area (Å²) in [5.74, 6) is -0.214. The predicted molar refractivity (Wildman–Crippen MR) is 127 cm³/mol. The standard InChI is InChI=1S/C24H21N5O2S/c25-24(31)27-19-11-8-17(9-12-19)15-26-22(30)13-10-18-16-29(20-5-2-1-3-6-20)28-23(18)21-7-4-14-32-21/h1-14,16H,15H2,(H,26,30)(H3,25,27,31)/b13-10+. The lowest BCUT2D eigenvalue weighted by molar-refractivity contribution is -0.116. The summed E-state index contributed by atoms with van der Waals surface area (Å²) in [6.07, 6.45) is 5.20. The molecule has 3 amide bonds. The van der Waals surface area contributed by atoms with Crippen LogP contribution in [-0.4, -0.2) is 21.7 Å². The zero-order valence-corrected chi connectivity index (χ0v) is 17.9. The van der Waals surface area contributed by atoms with Gasteiger partial charge < -0.3 is 16.4 Å². The molecular weight excluding hydrogens is 422 g/mol. The van der Waals surface area contributed by atoms with E-state index in [2.05, 4.69) is 10.6 Å². The number of carbonyl (C=O) groups is 2. The maximum absolute atomic E-state index is 12.4. The van der Waals surface area contributed by atoms with E-state index < -0.39 is 6.03 Å². The number of nitrogens with two attached hydrogens (primary N) is 1. The van der Waals surface area contributed by atoms with Crippen LogP contribution in [0.5, 0.6) is 0 Å². The van der Waals surface area contributed by atoms with E-state index in [9.17, 15) is 9.59 Å². The van der Waals surface area contributed by atoms with Crippen molar-refractivity contribution >= 4 is 35.0 Å². The van der Waals surface area contributed by atoms with Gasteiger partial charge in [0.25, 0.3) is 0 Å². The summed E-state index contributed by atoms with van der Waals surface area (Å²) in [6, 6.07) is 20.3. The van der Waals surface area contributed by atoms with Gasteiger partial charge in [-0.05, 0) is 47.4 Å². The third kappa shape index (κ3) is 5.30. The highest BCUT2D eigenvalue weighted by atomic mass is 32.1. The summed E-state index contributed by atoms with van der Waals surface area (Å²) in [5.41, 5.74) is 9.23. The zero-order valence-electron chi connectivity index (χ0n) is 17.1. The molecule has 160 valence electrons. The van der Waals surface area contributed by atoms with Gasteiger partial charge >= 0.3 is 6.03 Å². The Labute approximate surface area is 189 Å². The van der Waals surface area contributed by atoms with Crippen LogP contribution < -0.4 is 16.4 Å². The van der Waals surface area contributed by atoms with E-state index in [-0.39, 0.29) is 5.91 Å². The largest absolute Gasteiger partial charge is 0.351 e. The average molecular weight is 444 g/mol. The molecule has 0 spiro atoms. The van der Waals surface area contributed by atoms with Crippen molar-refractivity contribution in [2.45, 2.75) is 6.54 Å². The number of amides is 3. The number of benzene rings is 2. The van der Waals surface area contributed by atoms with Crippen molar-refractivity contribution in [3.8, 4) is 16.3 Å². The molecule has 0 fully saturated rings. The smallest absolute Gasteiger partial charge is 0.316 e. The molecule has 4 aromatic rings. The highest BCUT2D eigenvalue weighted by Gasteiger charge is 2.11. The van der Waals surface area contributed by atoms with E-state index in [0.29, 0.717) is 12.2 Å². The number of anilines is 1. The fourth-order valence-corrected chi connectivity index (χ4v) is 3.82. The first kappa shape index (κ1) is 21.1. The number of nitrogens with one attached hydrogen (secondary N) is 2. The second-order valence-corrected chi connectivity index (χ2v) is 7.88. The summed E-state index contributed by atoms with van der Waals surface area (Å²) in [7, 11) is 0. The molecule has 0 saturated carbocycles. The van der Waals surface area contributed by atoms with E-state index in [4.69, 9.17) is 10.8 Å². The maximum Gasteiger partial charge on any atom is 0.316 e. The molecule has 2 heterocycles. The van der Waals surface area contributed by atoms with Crippen LogP contribution in [0.4, 0.5) is 10.5 Å². The zero-order chi connectivity index (χ0) is 22.3. The molecule has 0 unspecified atom stereocenters. The van der Waals surface area contributed by atoms with Crippen LogP contribution in [0.15, 0.2) is 84.4 Å². The third-order valence-electron chi connectivity index (χ3n) is 4.62. The van der Waals surface area contributed by atoms with Crippen LogP contribution in [0.1, 0.15) is 11.1 Å². The van der Waals surface area contributed by atoms with E-state index in [1.54, 1.807) is 29.5 Å². The van der Waals surface area contributed by atoms with Gasteiger partial charge in [-0.2, -0.15) is 5.10 Å². The van der Waals surface area contributed by atoms with Gasteiger partial charge in [0.2, 0.25) is 5.91 Å². The quantitative estimate of drug-likeness (QED) is 0.369. The number of thiophene rings is 1. The Kier molecular flexibility index (Phi) is 6.43. The van der Waals surface area contributed by atoms with Crippen LogP contribution >= 0.6 is 11.3 Å². The first-order valence-electron chi connectivity index (χ1n) is 9.89. The Bertz CT molecular complexity index is 1230. The van der Waals surface area contributed by atoms with Crippen molar-refractivity contribution in [3.63, 3.8) is 0 Å². The first-order valence-corrected chi connectivity index (χ1v) is 10.8. The van der Waals surface area contributed by atoms with Gasteiger partial charge in [0.05, 0.1) is 10.6 Å². The number of carbonyl (C=O) groups excluding carboxylic acids is 2. The molecule has 0 saturated heterocycles. The number of primary amides is 1. The van der Waals surface area contributed by atoms with Gasteiger partial charge in [-0.1, -0.05) is 36.4 Å². The summed E-state index contributed by atoms with van der Waals surface area (Å²) in [4.78, 5) is 24.3. The molecule has 32 heavy (non-hydrogen) atoms. The monoisotopic (exact) mass is 443 g/mol. The van der Waals surface area contributed by atoms with Gasteiger partial charge in [-0.15, -0.1) is 11.3 Å². The highest BCUT2D eigenvalue weighted by Crippen LogP contribution is 2.28. The lowest BCUT2D eigenvalue weighted by atomic mass is 10.2. The summed E-state index contributed by atoms with van der Waals surface area (Å²) >= 11 is 1.60. The Hall–Kier alpha value is -4.17. The molecule has 8 heteroatoms. The van der Waals surface area contributed by atoms with Crippen LogP contribution in [-0.2, 0) is 11.3 Å². The third-order valence-corrected chi connectivity index (χ3v) is 5.50. The van der Waals surface area contributed by atoms with Crippen LogP contribution in [0.2, 0.25) is 0 Å². The topological polar surface area (TPSA) is 102 Å². The normalized spacial score (nSPS) is 10.9. The number of hydrogen-bond donors (Lipinski definition) is 3. The highest BCUT2D eigenvalue weighted by molar-refractivity contribution is 7.13. The lowest BCUT2D eigenvalue weighted by Gasteiger charge is -2.05. The van der Waals surface area contributed by atoms with Gasteiger partial charge in [0.1, 0.15) is 5.69 Å². The molecule has 0 atom stereocenters. The lowest BCUT2D eigenvalue weighted by Crippen LogP contribution is -2.20. The number of aromatic nitrogens is 2. The Morgan fingerprint density at radius 3 is 2.50 bits per heavy atom. The second-order valence-electron chi connectivity index (χ2n) is 6.93. The number of nitrogens with zero attached hydrogens (tertiary/aromatic N) is 2. The Morgan fingerprint density at radius 2 is 1.81 bits per heavy atom. The van der Waals surface area contributed by atoms with Gasteiger partial charge in [-0.25, -0.2) is 9.48 Å². The SMILES string of the molecule is NC(=O)Nc1ccc(CNC(=O)/C=C/c2cn(-c3ccccc3)nc2-c2cccs2)cc1. The maximum atomic E-state index is 12.4. The van der Waals surface area contributed by atoms with Gasteiger partial charge in [0, 0.05) is 30.1 Å². The molecule has 4 rings (SSSR count). The molecule has 7 nitrogen and oxygen atoms in total. The van der Waals surface area contributed by atoms with Crippen molar-refractivity contribution in [1.82, 2.24) is 15.1 Å². The summed E-state index contributed by atoms with van der Waals surface area (Å²) in [6.45, 7) is 0.362. The Balaban J connectivity index is 1.45. The summed E-state index contributed by atoms with van der Waals surface area (Å²) < 4.78 is 1.81. The van der Waals surface area contributed by atoms with E-state index in [0.717, 1.165) is 27.4 Å². The molecule has 0 aliphatic carbocycles. The summed E-state index contributed by atoms with van der Waals surface area (Å²) in [5, 5.41) is 12.1. The number of rotatable bonds is 7. The minimum Gasteiger partial charge on any atom is -0.351 e. The molecule has 0 aliphatic heterocycles. The number of urea groups is 1. The molecule has 2 aromatic carbocycles. The minimum absolute atomic E-state index is 0.214. The van der Waals surface area contributed by atoms with Gasteiger partial charge in [0.15, 0.2) is 0 Å². The average Bonchev–Trinajstić information content (AvgIpc) is 3.47. The molecule has 2 aromatic heterocycles. The predicted octanol–water partition coefficient (Wildman–Crippen LogP) is 4.42. The van der Waals surface area contributed by atoms with Crippen molar-refractivity contribution in [1.29, 1.82) is 0 Å². The molecule has 0 aliphatic rings. The molecule has 0 bridgehead atoms. The second kappa shape index (κ2) is 9.76. The van der Waals surface area contributed by atoms with Crippen molar-refractivity contribution in [3.05, 3.63) is 95.5 Å². The van der Waals surface area contributed by atoms with Crippen LogP contribution in [0, 0.1) is 0 Å².